The maximum absolute atomic E-state index is 13.8. The molecule has 2 unspecified atom stereocenters. The third-order valence-corrected chi connectivity index (χ3v) is 7.84. The van der Waals surface area contributed by atoms with Crippen LogP contribution in [0.5, 0.6) is 5.75 Å². The Morgan fingerprint density at radius 3 is 2.69 bits per heavy atom. The van der Waals surface area contributed by atoms with E-state index in [-0.39, 0.29) is 24.0 Å². The Hall–Kier alpha value is -2.86. The van der Waals surface area contributed by atoms with E-state index in [1.165, 1.54) is 30.2 Å². The van der Waals surface area contributed by atoms with Crippen molar-refractivity contribution in [2.75, 3.05) is 7.11 Å². The number of aromatic amines is 1. The fourth-order valence-corrected chi connectivity index (χ4v) is 6.40. The minimum Gasteiger partial charge on any atom is -0.497 e. The summed E-state index contributed by atoms with van der Waals surface area (Å²) in [6.07, 6.45) is 6.37. The number of para-hydroxylation sites is 1. The first kappa shape index (κ1) is 19.8. The number of rotatable bonds is 3. The third-order valence-electron chi connectivity index (χ3n) is 7.43. The van der Waals surface area contributed by atoms with Gasteiger partial charge in [0, 0.05) is 29.1 Å². The molecule has 1 saturated heterocycles. The average molecular weight is 446 g/mol. The van der Waals surface area contributed by atoms with Gasteiger partial charge >= 0.3 is 0 Å². The molecule has 3 heterocycles. The van der Waals surface area contributed by atoms with Crippen molar-refractivity contribution < 1.29 is 9.53 Å². The van der Waals surface area contributed by atoms with E-state index in [4.69, 9.17) is 17.0 Å². The molecule has 1 saturated carbocycles. The maximum Gasteiger partial charge on any atom is 0.252 e. The van der Waals surface area contributed by atoms with Gasteiger partial charge in [-0.25, -0.2) is 0 Å². The van der Waals surface area contributed by atoms with E-state index >= 15 is 0 Å². The zero-order chi connectivity index (χ0) is 21.8. The number of amides is 1. The van der Waals surface area contributed by atoms with Gasteiger partial charge in [0.05, 0.1) is 13.2 Å². The number of H-pyrrole nitrogens is 1. The van der Waals surface area contributed by atoms with Gasteiger partial charge in [-0.15, -0.1) is 0 Å². The number of nitrogens with zero attached hydrogens (tertiary/aromatic N) is 2. The van der Waals surface area contributed by atoms with Crippen molar-refractivity contribution in [1.82, 2.24) is 14.8 Å². The SMILES string of the molecule is COc1cccc(C2c3[nH]c4ccccc4c3CC3C(=O)N(C4CCCCC4)C(=S)N32)c1. The molecule has 3 aliphatic rings. The molecule has 2 aliphatic heterocycles. The van der Waals surface area contributed by atoms with Crippen LogP contribution in [0.3, 0.4) is 0 Å². The molecule has 1 N–H and O–H groups in total. The number of hydrogen-bond donors (Lipinski definition) is 1. The van der Waals surface area contributed by atoms with Gasteiger partial charge in [-0.1, -0.05) is 49.6 Å². The van der Waals surface area contributed by atoms with Crippen LogP contribution in [0.25, 0.3) is 10.9 Å². The zero-order valence-corrected chi connectivity index (χ0v) is 19.0. The lowest BCUT2D eigenvalue weighted by Crippen LogP contribution is -2.44. The molecule has 1 amide bonds. The fourth-order valence-electron chi connectivity index (χ4n) is 5.93. The largest absolute Gasteiger partial charge is 0.497 e. The molecule has 0 bridgehead atoms. The van der Waals surface area contributed by atoms with Gasteiger partial charge in [0.25, 0.3) is 5.91 Å². The van der Waals surface area contributed by atoms with Crippen molar-refractivity contribution in [1.29, 1.82) is 0 Å². The molecular formula is C26H27N3O2S. The summed E-state index contributed by atoms with van der Waals surface area (Å²) in [5, 5.41) is 1.88. The lowest BCUT2D eigenvalue weighted by atomic mass is 9.88. The highest BCUT2D eigenvalue weighted by Gasteiger charge is 2.52. The van der Waals surface area contributed by atoms with Gasteiger partial charge in [0.15, 0.2) is 5.11 Å². The Morgan fingerprint density at radius 1 is 1.06 bits per heavy atom. The van der Waals surface area contributed by atoms with Crippen LogP contribution in [-0.4, -0.2) is 45.0 Å². The van der Waals surface area contributed by atoms with Gasteiger partial charge in [0.1, 0.15) is 11.8 Å². The standard InChI is InChI=1S/C26H27N3O2S/c1-31-18-11-7-8-16(14-18)24-23-20(19-12-5-6-13-21(19)27-23)15-22-25(30)28(26(32)29(22)24)17-9-3-2-4-10-17/h5-8,11-14,17,22,24,27H,2-4,9-10,15H2,1H3. The average Bonchev–Trinajstić information content (AvgIpc) is 3.33. The number of aromatic nitrogens is 1. The molecule has 164 valence electrons. The smallest absolute Gasteiger partial charge is 0.252 e. The van der Waals surface area contributed by atoms with Crippen LogP contribution in [-0.2, 0) is 11.2 Å². The number of benzene rings is 2. The number of hydrogen-bond acceptors (Lipinski definition) is 3. The minimum atomic E-state index is -0.257. The summed E-state index contributed by atoms with van der Waals surface area (Å²) in [7, 11) is 1.69. The minimum absolute atomic E-state index is 0.142. The fraction of sp³-hybridized carbons (Fsp3) is 0.385. The predicted molar refractivity (Wildman–Crippen MR) is 129 cm³/mol. The Morgan fingerprint density at radius 2 is 1.88 bits per heavy atom. The molecule has 5 nitrogen and oxygen atoms in total. The molecule has 3 aromatic rings. The quantitative estimate of drug-likeness (QED) is 0.580. The second-order valence-electron chi connectivity index (χ2n) is 9.15. The Labute approximate surface area is 193 Å². The maximum atomic E-state index is 13.8. The summed E-state index contributed by atoms with van der Waals surface area (Å²) >= 11 is 6.03. The number of thiocarbonyl (C=S) groups is 1. The van der Waals surface area contributed by atoms with E-state index in [1.54, 1.807) is 7.11 Å². The molecule has 2 aromatic carbocycles. The molecule has 6 rings (SSSR count). The Balaban J connectivity index is 1.51. The molecule has 6 heteroatoms. The number of fused-ring (bicyclic) bond motifs is 4. The second-order valence-corrected chi connectivity index (χ2v) is 9.52. The van der Waals surface area contributed by atoms with Crippen molar-refractivity contribution in [3.63, 3.8) is 0 Å². The molecule has 1 aliphatic carbocycles. The summed E-state index contributed by atoms with van der Waals surface area (Å²) in [4.78, 5) is 21.6. The normalized spacial score (nSPS) is 23.5. The summed E-state index contributed by atoms with van der Waals surface area (Å²) < 4.78 is 5.53. The van der Waals surface area contributed by atoms with Gasteiger partial charge < -0.3 is 14.6 Å². The van der Waals surface area contributed by atoms with Crippen LogP contribution in [0.15, 0.2) is 48.5 Å². The van der Waals surface area contributed by atoms with Crippen molar-refractivity contribution in [3.05, 3.63) is 65.4 Å². The van der Waals surface area contributed by atoms with Gasteiger partial charge in [0.2, 0.25) is 0 Å². The van der Waals surface area contributed by atoms with Crippen molar-refractivity contribution in [3.8, 4) is 5.75 Å². The first-order valence-electron chi connectivity index (χ1n) is 11.6. The molecule has 2 atom stereocenters. The van der Waals surface area contributed by atoms with Crippen molar-refractivity contribution >= 4 is 34.1 Å². The summed E-state index contributed by atoms with van der Waals surface area (Å²) in [5.74, 6) is 0.980. The first-order valence-corrected chi connectivity index (χ1v) is 12.0. The lowest BCUT2D eigenvalue weighted by molar-refractivity contribution is -0.130. The molecule has 0 spiro atoms. The summed E-state index contributed by atoms with van der Waals surface area (Å²) in [5.41, 5.74) is 4.56. The van der Waals surface area contributed by atoms with Crippen LogP contribution < -0.4 is 4.74 Å². The second kappa shape index (κ2) is 7.62. The van der Waals surface area contributed by atoms with Crippen LogP contribution in [0.2, 0.25) is 0 Å². The van der Waals surface area contributed by atoms with E-state index in [0.29, 0.717) is 11.5 Å². The molecule has 1 aromatic heterocycles. The number of carbonyl (C=O) groups is 1. The van der Waals surface area contributed by atoms with Crippen LogP contribution in [0.1, 0.15) is 55.0 Å². The van der Waals surface area contributed by atoms with Crippen LogP contribution in [0, 0.1) is 0 Å². The molecule has 2 fully saturated rings. The molecular weight excluding hydrogens is 418 g/mol. The number of carbonyl (C=O) groups excluding carboxylic acids is 1. The topological polar surface area (TPSA) is 48.6 Å². The first-order chi connectivity index (χ1) is 15.7. The number of ether oxygens (including phenoxy) is 1. The number of nitrogens with one attached hydrogen (secondary N) is 1. The van der Waals surface area contributed by atoms with E-state index in [0.717, 1.165) is 35.4 Å². The van der Waals surface area contributed by atoms with Crippen LogP contribution >= 0.6 is 12.2 Å². The van der Waals surface area contributed by atoms with Gasteiger partial charge in [-0.3, -0.25) is 9.69 Å². The monoisotopic (exact) mass is 445 g/mol. The predicted octanol–water partition coefficient (Wildman–Crippen LogP) is 4.95. The third kappa shape index (κ3) is 2.89. The summed E-state index contributed by atoms with van der Waals surface area (Å²) in [6, 6.07) is 16.4. The van der Waals surface area contributed by atoms with E-state index in [2.05, 4.69) is 40.2 Å². The van der Waals surface area contributed by atoms with E-state index in [1.807, 2.05) is 23.1 Å². The Bertz CT molecular complexity index is 1210. The highest BCUT2D eigenvalue weighted by molar-refractivity contribution is 7.80. The van der Waals surface area contributed by atoms with E-state index < -0.39 is 0 Å². The lowest BCUT2D eigenvalue weighted by Gasteiger charge is -2.38. The molecule has 32 heavy (non-hydrogen) atoms. The van der Waals surface area contributed by atoms with Crippen LogP contribution in [0.4, 0.5) is 0 Å². The highest BCUT2D eigenvalue weighted by atomic mass is 32.1. The van der Waals surface area contributed by atoms with Gasteiger partial charge in [-0.2, -0.15) is 0 Å². The van der Waals surface area contributed by atoms with Gasteiger partial charge in [-0.05, 0) is 54.4 Å². The zero-order valence-electron chi connectivity index (χ0n) is 18.2. The van der Waals surface area contributed by atoms with Crippen molar-refractivity contribution in [2.45, 2.75) is 56.7 Å². The van der Waals surface area contributed by atoms with E-state index in [9.17, 15) is 4.79 Å². The summed E-state index contributed by atoms with van der Waals surface area (Å²) in [6.45, 7) is 0. The molecule has 0 radical (unpaired) electrons. The highest BCUT2D eigenvalue weighted by Crippen LogP contribution is 2.45. The Kier molecular flexibility index (Phi) is 4.72. The van der Waals surface area contributed by atoms with Crippen molar-refractivity contribution in [2.24, 2.45) is 0 Å². The number of methoxy groups -OCH3 is 1.